The van der Waals surface area contributed by atoms with Gasteiger partial charge in [0.05, 0.1) is 25.0 Å². The van der Waals surface area contributed by atoms with Crippen LogP contribution in [0.1, 0.15) is 46.6 Å². The molecule has 0 bridgehead atoms. The molecule has 2 aromatic heterocycles. The third-order valence-corrected chi connectivity index (χ3v) is 6.23. The first kappa shape index (κ1) is 29.0. The van der Waals surface area contributed by atoms with E-state index in [1.165, 1.54) is 36.4 Å². The Morgan fingerprint density at radius 2 is 1.79 bits per heavy atom. The maximum atomic E-state index is 14.4. The number of benzene rings is 1. The van der Waals surface area contributed by atoms with Crippen LogP contribution in [-0.2, 0) is 14.8 Å². The Balaban J connectivity index is 0.00000400. The number of sulfonamides is 1. The zero-order valence-electron chi connectivity index (χ0n) is 22.0. The number of hydrogen-bond acceptors (Lipinski definition) is 8. The van der Waals surface area contributed by atoms with Crippen molar-refractivity contribution in [3.63, 3.8) is 0 Å². The Labute approximate surface area is 225 Å². The molecule has 0 aliphatic heterocycles. The Hall–Kier alpha value is -3.57. The molecule has 0 atom stereocenters. The quantitative estimate of drug-likeness (QED) is 0.312. The monoisotopic (exact) mass is 549 g/mol. The third-order valence-electron chi connectivity index (χ3n) is 4.99. The molecule has 9 nitrogen and oxygen atoms in total. The molecular weight excluding hydrogens is 513 g/mol. The van der Waals surface area contributed by atoms with Crippen molar-refractivity contribution >= 4 is 15.9 Å². The molecule has 11 heteroatoms. The Bertz CT molecular complexity index is 1390. The minimum absolute atomic E-state index is 0. The van der Waals surface area contributed by atoms with Gasteiger partial charge in [-0.15, -0.1) is 0 Å². The van der Waals surface area contributed by atoms with Crippen LogP contribution in [0.5, 0.6) is 11.6 Å². The van der Waals surface area contributed by atoms with E-state index in [4.69, 9.17) is 14.2 Å². The summed E-state index contributed by atoms with van der Waals surface area (Å²) in [6.45, 7) is 10.00. The van der Waals surface area contributed by atoms with Gasteiger partial charge < -0.3 is 14.2 Å². The summed E-state index contributed by atoms with van der Waals surface area (Å²) in [5.74, 6) is -1.02. The molecule has 3 aromatic rings. The van der Waals surface area contributed by atoms with Crippen LogP contribution in [0.15, 0.2) is 53.6 Å². The SMILES string of the molecule is Cc1cccc(S(=O)(=O)NC(=O)c2ccc(-c3cc(F)cc(OCC(C)C)c3)nc2OCCOC(C)C)n1.[HH].[HH]. The zero-order chi connectivity index (χ0) is 27.9. The molecule has 38 heavy (non-hydrogen) atoms. The topological polar surface area (TPSA) is 117 Å². The zero-order valence-corrected chi connectivity index (χ0v) is 22.8. The summed E-state index contributed by atoms with van der Waals surface area (Å²) in [6.07, 6.45) is -0.0378. The van der Waals surface area contributed by atoms with E-state index in [2.05, 4.69) is 9.97 Å². The standard InChI is InChI=1S/C27H32FN3O6S.2H2/c1-17(2)16-37-22-14-20(13-21(28)15-22)24-10-9-23(27(30-24)36-12-11-35-18(3)4)26(32)31-38(33,34)25-8-6-7-19(5)29-25;;/h6-10,13-15,17-18H,11-12,16H2,1-5H3,(H,31,32);2*1H. The minimum Gasteiger partial charge on any atom is -0.493 e. The van der Waals surface area contributed by atoms with Gasteiger partial charge in [0, 0.05) is 20.2 Å². The van der Waals surface area contributed by atoms with Crippen LogP contribution in [0.4, 0.5) is 4.39 Å². The number of halogens is 1. The molecule has 0 radical (unpaired) electrons. The van der Waals surface area contributed by atoms with E-state index < -0.39 is 21.7 Å². The van der Waals surface area contributed by atoms with Gasteiger partial charge in [0.15, 0.2) is 5.03 Å². The number of aryl methyl sites for hydroxylation is 1. The number of nitrogens with zero attached hydrogens (tertiary/aromatic N) is 2. The Morgan fingerprint density at radius 3 is 2.47 bits per heavy atom. The largest absolute Gasteiger partial charge is 0.493 e. The van der Waals surface area contributed by atoms with Crippen LogP contribution in [0, 0.1) is 18.7 Å². The molecule has 208 valence electrons. The lowest BCUT2D eigenvalue weighted by molar-refractivity contribution is 0.0538. The lowest BCUT2D eigenvalue weighted by Crippen LogP contribution is -2.32. The Kier molecular flexibility index (Phi) is 9.76. The van der Waals surface area contributed by atoms with E-state index in [9.17, 15) is 17.6 Å². The van der Waals surface area contributed by atoms with E-state index in [-0.39, 0.29) is 44.6 Å². The van der Waals surface area contributed by atoms with Gasteiger partial charge in [-0.25, -0.2) is 19.1 Å². The van der Waals surface area contributed by atoms with Crippen LogP contribution in [-0.4, -0.2) is 50.2 Å². The number of ether oxygens (including phenoxy) is 3. The van der Waals surface area contributed by atoms with E-state index in [1.54, 1.807) is 19.1 Å². The number of nitrogens with one attached hydrogen (secondary N) is 1. The average Bonchev–Trinajstić information content (AvgIpc) is 2.84. The second-order valence-electron chi connectivity index (χ2n) is 9.25. The molecule has 3 rings (SSSR count). The number of aromatic nitrogens is 2. The van der Waals surface area contributed by atoms with Crippen LogP contribution in [0.3, 0.4) is 0 Å². The predicted octanol–water partition coefficient (Wildman–Crippen LogP) is 5.04. The van der Waals surface area contributed by atoms with Gasteiger partial charge in [-0.3, -0.25) is 4.79 Å². The van der Waals surface area contributed by atoms with Crippen LogP contribution in [0.25, 0.3) is 11.3 Å². The summed E-state index contributed by atoms with van der Waals surface area (Å²) in [5.41, 5.74) is 1.06. The lowest BCUT2D eigenvalue weighted by Gasteiger charge is -2.14. The molecule has 0 unspecified atom stereocenters. The first-order valence-corrected chi connectivity index (χ1v) is 13.6. The smallest absolute Gasteiger partial charge is 0.281 e. The van der Waals surface area contributed by atoms with E-state index in [0.717, 1.165) is 0 Å². The van der Waals surface area contributed by atoms with Crippen molar-refractivity contribution in [1.29, 1.82) is 0 Å². The molecular formula is C27H36FN3O6S. The Morgan fingerprint density at radius 1 is 1.03 bits per heavy atom. The molecule has 0 saturated heterocycles. The number of hydrogen-bond donors (Lipinski definition) is 1. The number of amides is 1. The highest BCUT2D eigenvalue weighted by molar-refractivity contribution is 7.90. The van der Waals surface area contributed by atoms with Crippen molar-refractivity contribution in [1.82, 2.24) is 14.7 Å². The first-order chi connectivity index (χ1) is 17.9. The van der Waals surface area contributed by atoms with Crippen molar-refractivity contribution in [3.05, 3.63) is 65.6 Å². The minimum atomic E-state index is -4.26. The fraction of sp³-hybridized carbons (Fsp3) is 0.370. The van der Waals surface area contributed by atoms with Crippen LogP contribution in [0.2, 0.25) is 0 Å². The molecule has 0 aliphatic rings. The van der Waals surface area contributed by atoms with Gasteiger partial charge in [0.2, 0.25) is 5.88 Å². The van der Waals surface area contributed by atoms with Crippen molar-refractivity contribution in [3.8, 4) is 22.9 Å². The second kappa shape index (κ2) is 12.8. The number of rotatable bonds is 12. The fourth-order valence-corrected chi connectivity index (χ4v) is 4.24. The lowest BCUT2D eigenvalue weighted by atomic mass is 10.1. The second-order valence-corrected chi connectivity index (χ2v) is 10.9. The normalized spacial score (nSPS) is 11.6. The number of carbonyl (C=O) groups excluding carboxylic acids is 1. The van der Waals surface area contributed by atoms with Crippen LogP contribution < -0.4 is 14.2 Å². The summed E-state index contributed by atoms with van der Waals surface area (Å²) in [7, 11) is -4.26. The average molecular weight is 550 g/mol. The molecule has 0 saturated carbocycles. The van der Waals surface area contributed by atoms with Crippen molar-refractivity contribution < 1.29 is 34.7 Å². The summed E-state index contributed by atoms with van der Waals surface area (Å²) in [6, 6.07) is 11.5. The summed E-state index contributed by atoms with van der Waals surface area (Å²) >= 11 is 0. The molecule has 0 spiro atoms. The van der Waals surface area contributed by atoms with Gasteiger partial charge in [0.25, 0.3) is 15.9 Å². The summed E-state index contributed by atoms with van der Waals surface area (Å²) in [5, 5.41) is -0.295. The highest BCUT2D eigenvalue weighted by Crippen LogP contribution is 2.28. The fourth-order valence-electron chi connectivity index (χ4n) is 3.26. The van der Waals surface area contributed by atoms with Crippen molar-refractivity contribution in [2.45, 2.75) is 45.7 Å². The highest BCUT2D eigenvalue weighted by Gasteiger charge is 2.24. The summed E-state index contributed by atoms with van der Waals surface area (Å²) in [4.78, 5) is 21.4. The van der Waals surface area contributed by atoms with Crippen molar-refractivity contribution in [2.75, 3.05) is 19.8 Å². The molecule has 0 aliphatic carbocycles. The molecule has 1 amide bonds. The maximum absolute atomic E-state index is 14.4. The first-order valence-electron chi connectivity index (χ1n) is 12.1. The molecule has 0 fully saturated rings. The van der Waals surface area contributed by atoms with Gasteiger partial charge in [-0.1, -0.05) is 19.9 Å². The highest BCUT2D eigenvalue weighted by atomic mass is 32.2. The molecule has 1 aromatic carbocycles. The predicted molar refractivity (Wildman–Crippen MR) is 144 cm³/mol. The number of carbonyl (C=O) groups is 1. The summed E-state index contributed by atoms with van der Waals surface area (Å²) < 4.78 is 58.7. The third kappa shape index (κ3) is 8.22. The van der Waals surface area contributed by atoms with Crippen molar-refractivity contribution in [2.24, 2.45) is 5.92 Å². The van der Waals surface area contributed by atoms with E-state index in [1.807, 2.05) is 32.4 Å². The van der Waals surface area contributed by atoms with Gasteiger partial charge >= 0.3 is 0 Å². The van der Waals surface area contributed by atoms with Gasteiger partial charge in [-0.05, 0) is 63.1 Å². The molecule has 1 N–H and O–H groups in total. The van der Waals surface area contributed by atoms with E-state index in [0.29, 0.717) is 29.3 Å². The van der Waals surface area contributed by atoms with Gasteiger partial charge in [-0.2, -0.15) is 8.42 Å². The maximum Gasteiger partial charge on any atom is 0.281 e. The van der Waals surface area contributed by atoms with Crippen LogP contribution >= 0.6 is 0 Å². The molecule has 2 heterocycles. The van der Waals surface area contributed by atoms with Gasteiger partial charge in [0.1, 0.15) is 23.7 Å². The van der Waals surface area contributed by atoms with E-state index >= 15 is 0 Å². The number of pyridine rings is 2.